The van der Waals surface area contributed by atoms with Crippen LogP contribution in [0.15, 0.2) is 24.3 Å². The molecular weight excluding hydrogens is 356 g/mol. The molecule has 0 bridgehead atoms. The maximum absolute atomic E-state index is 12.6. The standard InChI is InChI=1S/C18H22N2O5S/c21-17(11-16-14-3-1-2-4-15(14)18(22)25-16)20-8-6-19(7-9-20)13-5-10-26(23,24)12-13/h1-4,13,16H,5-12H2/t13-,16+/m0/s1. The van der Waals surface area contributed by atoms with E-state index in [1.807, 2.05) is 12.1 Å². The van der Waals surface area contributed by atoms with E-state index in [2.05, 4.69) is 4.90 Å². The van der Waals surface area contributed by atoms with Crippen LogP contribution in [0.4, 0.5) is 0 Å². The predicted octanol–water partition coefficient (Wildman–Crippen LogP) is 0.620. The van der Waals surface area contributed by atoms with E-state index in [0.29, 0.717) is 38.2 Å². The summed E-state index contributed by atoms with van der Waals surface area (Å²) in [5.74, 6) is 0.0998. The van der Waals surface area contributed by atoms with E-state index in [4.69, 9.17) is 4.74 Å². The highest BCUT2D eigenvalue weighted by molar-refractivity contribution is 7.91. The summed E-state index contributed by atoms with van der Waals surface area (Å²) in [5.41, 5.74) is 1.32. The summed E-state index contributed by atoms with van der Waals surface area (Å²) >= 11 is 0. The number of fused-ring (bicyclic) bond motifs is 1. The van der Waals surface area contributed by atoms with Gasteiger partial charge in [0, 0.05) is 37.8 Å². The Morgan fingerprint density at radius 1 is 1.15 bits per heavy atom. The van der Waals surface area contributed by atoms with Crippen molar-refractivity contribution in [1.82, 2.24) is 9.80 Å². The van der Waals surface area contributed by atoms with Gasteiger partial charge in [0.25, 0.3) is 0 Å². The fraction of sp³-hybridized carbons (Fsp3) is 0.556. The molecule has 0 radical (unpaired) electrons. The van der Waals surface area contributed by atoms with E-state index >= 15 is 0 Å². The number of cyclic esters (lactones) is 1. The molecule has 2 saturated heterocycles. The van der Waals surface area contributed by atoms with Crippen LogP contribution in [-0.4, -0.2) is 73.8 Å². The lowest BCUT2D eigenvalue weighted by atomic mass is 10.0. The largest absolute Gasteiger partial charge is 0.453 e. The Hall–Kier alpha value is -1.93. The smallest absolute Gasteiger partial charge is 0.339 e. The molecule has 3 aliphatic heterocycles. The first-order valence-corrected chi connectivity index (χ1v) is 10.8. The quantitative estimate of drug-likeness (QED) is 0.717. The molecule has 1 aromatic carbocycles. The average molecular weight is 378 g/mol. The zero-order valence-corrected chi connectivity index (χ0v) is 15.3. The number of piperazine rings is 1. The van der Waals surface area contributed by atoms with Crippen LogP contribution in [-0.2, 0) is 19.4 Å². The van der Waals surface area contributed by atoms with Crippen molar-refractivity contribution in [3.8, 4) is 0 Å². The average Bonchev–Trinajstić information content (AvgIpc) is 3.15. The lowest BCUT2D eigenvalue weighted by molar-refractivity contribution is -0.135. The van der Waals surface area contributed by atoms with Crippen molar-refractivity contribution < 1.29 is 22.7 Å². The second-order valence-electron chi connectivity index (χ2n) is 7.16. The Labute approximate surface area is 152 Å². The molecule has 1 amide bonds. The summed E-state index contributed by atoms with van der Waals surface area (Å²) in [5, 5.41) is 0. The molecule has 0 N–H and O–H groups in total. The van der Waals surface area contributed by atoms with Crippen LogP contribution in [0.2, 0.25) is 0 Å². The molecule has 3 heterocycles. The van der Waals surface area contributed by atoms with Crippen molar-refractivity contribution in [3.63, 3.8) is 0 Å². The first-order chi connectivity index (χ1) is 12.4. The number of carbonyl (C=O) groups excluding carboxylic acids is 2. The molecule has 0 aromatic heterocycles. The summed E-state index contributed by atoms with van der Waals surface area (Å²) in [6.45, 7) is 2.54. The number of amides is 1. The lowest BCUT2D eigenvalue weighted by Crippen LogP contribution is -2.52. The molecule has 2 atom stereocenters. The van der Waals surface area contributed by atoms with Crippen LogP contribution in [0.25, 0.3) is 0 Å². The topological polar surface area (TPSA) is 84.0 Å². The SMILES string of the molecule is O=C1O[C@H](CC(=O)N2CCN([C@H]3CCS(=O)(=O)C3)CC2)c2ccccc21. The highest BCUT2D eigenvalue weighted by atomic mass is 32.2. The van der Waals surface area contributed by atoms with Crippen LogP contribution < -0.4 is 0 Å². The maximum atomic E-state index is 12.6. The highest BCUT2D eigenvalue weighted by Gasteiger charge is 2.36. The molecule has 140 valence electrons. The maximum Gasteiger partial charge on any atom is 0.339 e. The van der Waals surface area contributed by atoms with Gasteiger partial charge in [-0.2, -0.15) is 0 Å². The van der Waals surface area contributed by atoms with Gasteiger partial charge in [-0.1, -0.05) is 18.2 Å². The molecule has 7 nitrogen and oxygen atoms in total. The summed E-state index contributed by atoms with van der Waals surface area (Å²) in [7, 11) is -2.89. The van der Waals surface area contributed by atoms with E-state index in [0.717, 1.165) is 5.56 Å². The van der Waals surface area contributed by atoms with Gasteiger partial charge in [0.2, 0.25) is 5.91 Å². The van der Waals surface area contributed by atoms with E-state index < -0.39 is 15.9 Å². The Morgan fingerprint density at radius 3 is 2.58 bits per heavy atom. The Kier molecular flexibility index (Phi) is 4.48. The Bertz CT molecular complexity index is 830. The summed E-state index contributed by atoms with van der Waals surface area (Å²) in [4.78, 5) is 28.5. The van der Waals surface area contributed by atoms with Crippen LogP contribution in [0.3, 0.4) is 0 Å². The number of carbonyl (C=O) groups is 2. The molecule has 0 spiro atoms. The van der Waals surface area contributed by atoms with Gasteiger partial charge in [0.1, 0.15) is 6.10 Å². The third-order valence-electron chi connectivity index (χ3n) is 5.53. The number of hydrogen-bond donors (Lipinski definition) is 0. The molecule has 0 unspecified atom stereocenters. The minimum atomic E-state index is -2.89. The minimum absolute atomic E-state index is 0.0294. The van der Waals surface area contributed by atoms with Crippen LogP contribution in [0.5, 0.6) is 0 Å². The predicted molar refractivity (Wildman–Crippen MR) is 94.4 cm³/mol. The highest BCUT2D eigenvalue weighted by Crippen LogP contribution is 2.33. The lowest BCUT2D eigenvalue weighted by Gasteiger charge is -2.37. The Balaban J connectivity index is 1.33. The second-order valence-corrected chi connectivity index (χ2v) is 9.39. The normalized spacial score (nSPS) is 28.0. The number of esters is 1. The molecule has 3 aliphatic rings. The zero-order valence-electron chi connectivity index (χ0n) is 14.5. The summed E-state index contributed by atoms with van der Waals surface area (Å²) < 4.78 is 28.6. The zero-order chi connectivity index (χ0) is 18.3. The third kappa shape index (κ3) is 3.35. The third-order valence-corrected chi connectivity index (χ3v) is 7.28. The molecule has 1 aromatic rings. The number of sulfone groups is 1. The minimum Gasteiger partial charge on any atom is -0.453 e. The van der Waals surface area contributed by atoms with Crippen LogP contribution in [0, 0.1) is 0 Å². The van der Waals surface area contributed by atoms with Gasteiger partial charge in [-0.3, -0.25) is 9.69 Å². The monoisotopic (exact) mass is 378 g/mol. The van der Waals surface area contributed by atoms with E-state index in [9.17, 15) is 18.0 Å². The van der Waals surface area contributed by atoms with E-state index in [1.165, 1.54) is 0 Å². The van der Waals surface area contributed by atoms with Crippen molar-refractivity contribution in [2.24, 2.45) is 0 Å². The van der Waals surface area contributed by atoms with E-state index in [-0.39, 0.29) is 35.8 Å². The number of hydrogen-bond acceptors (Lipinski definition) is 6. The van der Waals surface area contributed by atoms with Gasteiger partial charge in [-0.25, -0.2) is 13.2 Å². The van der Waals surface area contributed by atoms with Crippen molar-refractivity contribution in [2.75, 3.05) is 37.7 Å². The van der Waals surface area contributed by atoms with Gasteiger partial charge >= 0.3 is 5.97 Å². The van der Waals surface area contributed by atoms with Gasteiger partial charge in [0.15, 0.2) is 9.84 Å². The van der Waals surface area contributed by atoms with E-state index in [1.54, 1.807) is 17.0 Å². The molecular formula is C18H22N2O5S. The first-order valence-electron chi connectivity index (χ1n) is 8.95. The van der Waals surface area contributed by atoms with Crippen LogP contribution >= 0.6 is 0 Å². The molecule has 2 fully saturated rings. The van der Waals surface area contributed by atoms with Gasteiger partial charge in [-0.15, -0.1) is 0 Å². The first kappa shape index (κ1) is 17.5. The number of nitrogens with zero attached hydrogens (tertiary/aromatic N) is 2. The summed E-state index contributed by atoms with van der Waals surface area (Å²) in [6, 6.07) is 7.26. The fourth-order valence-electron chi connectivity index (χ4n) is 4.06. The molecule has 4 rings (SSSR count). The second kappa shape index (κ2) is 6.66. The number of rotatable bonds is 3. The van der Waals surface area contributed by atoms with Crippen molar-refractivity contribution >= 4 is 21.7 Å². The van der Waals surface area contributed by atoms with Gasteiger partial charge in [0.05, 0.1) is 23.5 Å². The van der Waals surface area contributed by atoms with Crippen molar-refractivity contribution in [2.45, 2.75) is 25.0 Å². The van der Waals surface area contributed by atoms with Gasteiger partial charge in [-0.05, 0) is 12.5 Å². The molecule has 26 heavy (non-hydrogen) atoms. The van der Waals surface area contributed by atoms with Gasteiger partial charge < -0.3 is 9.64 Å². The summed E-state index contributed by atoms with van der Waals surface area (Å²) in [6.07, 6.45) is 0.329. The Morgan fingerprint density at radius 2 is 1.88 bits per heavy atom. The number of benzene rings is 1. The molecule has 0 aliphatic carbocycles. The van der Waals surface area contributed by atoms with Crippen LogP contribution in [0.1, 0.15) is 34.9 Å². The number of ether oxygens (including phenoxy) is 1. The fourth-order valence-corrected chi connectivity index (χ4v) is 5.82. The van der Waals surface area contributed by atoms with Crippen molar-refractivity contribution in [3.05, 3.63) is 35.4 Å². The molecule has 0 saturated carbocycles. The van der Waals surface area contributed by atoms with Crippen molar-refractivity contribution in [1.29, 1.82) is 0 Å². The molecule has 8 heteroatoms.